The molecule has 0 radical (unpaired) electrons. The number of hydrogen-bond acceptors (Lipinski definition) is 6. The van der Waals surface area contributed by atoms with Crippen molar-refractivity contribution in [3.63, 3.8) is 0 Å². The zero-order valence-electron chi connectivity index (χ0n) is 55.4. The van der Waals surface area contributed by atoms with E-state index in [2.05, 4.69) is 123 Å². The van der Waals surface area contributed by atoms with Gasteiger partial charge >= 0.3 is 13.8 Å². The maximum atomic E-state index is 13.6. The second-order valence-corrected chi connectivity index (χ2v) is 25.8. The summed E-state index contributed by atoms with van der Waals surface area (Å²) in [5, 5.41) is 3.05. The van der Waals surface area contributed by atoms with Gasteiger partial charge in [0.2, 0.25) is 5.91 Å². The Morgan fingerprint density at radius 3 is 1.17 bits per heavy atom. The number of quaternary nitrogens is 1. The van der Waals surface area contributed by atoms with E-state index in [1.54, 1.807) is 0 Å². The summed E-state index contributed by atoms with van der Waals surface area (Å²) in [6.07, 6.45) is 86.7. The molecular weight excluding hydrogens is 1060 g/mol. The summed E-state index contributed by atoms with van der Waals surface area (Å²) in [6, 6.07) is -0.870. The maximum Gasteiger partial charge on any atom is 0.472 e. The van der Waals surface area contributed by atoms with E-state index in [1.165, 1.54) is 148 Å². The van der Waals surface area contributed by atoms with Crippen LogP contribution in [-0.2, 0) is 27.9 Å². The molecule has 3 unspecified atom stereocenters. The summed E-state index contributed by atoms with van der Waals surface area (Å²) < 4.78 is 30.8. The molecule has 84 heavy (non-hydrogen) atoms. The molecule has 484 valence electrons. The summed E-state index contributed by atoms with van der Waals surface area (Å²) in [6.45, 7) is 6.86. The number of phosphoric ester groups is 1. The van der Waals surface area contributed by atoms with Gasteiger partial charge in [0.05, 0.1) is 33.8 Å². The monoisotopic (exact) mass is 1190 g/mol. The first-order valence-electron chi connectivity index (χ1n) is 34.7. The van der Waals surface area contributed by atoms with Crippen LogP contribution in [0.1, 0.15) is 297 Å². The van der Waals surface area contributed by atoms with Crippen LogP contribution >= 0.6 is 7.82 Å². The number of hydrogen-bond donors (Lipinski definition) is 2. The van der Waals surface area contributed by atoms with Gasteiger partial charge in [0.15, 0.2) is 0 Å². The first-order valence-corrected chi connectivity index (χ1v) is 36.2. The van der Waals surface area contributed by atoms with Gasteiger partial charge in [0, 0.05) is 12.8 Å². The molecule has 3 atom stereocenters. The topological polar surface area (TPSA) is 111 Å². The zero-order valence-corrected chi connectivity index (χ0v) is 56.3. The van der Waals surface area contributed by atoms with Crippen molar-refractivity contribution in [1.29, 1.82) is 0 Å². The summed E-state index contributed by atoms with van der Waals surface area (Å²) in [5.74, 6) is -0.534. The fourth-order valence-electron chi connectivity index (χ4n) is 9.62. The van der Waals surface area contributed by atoms with Crippen molar-refractivity contribution >= 4 is 19.7 Å². The lowest BCUT2D eigenvalue weighted by atomic mass is 10.0. The molecule has 0 aliphatic rings. The molecule has 0 aromatic rings. The van der Waals surface area contributed by atoms with E-state index in [9.17, 15) is 19.0 Å². The Kier molecular flexibility index (Phi) is 60.2. The largest absolute Gasteiger partial charge is 0.472 e. The van der Waals surface area contributed by atoms with Crippen LogP contribution in [0.2, 0.25) is 0 Å². The Labute approximate surface area is 519 Å². The van der Waals surface area contributed by atoms with Gasteiger partial charge in [-0.2, -0.15) is 0 Å². The second-order valence-electron chi connectivity index (χ2n) is 24.3. The quantitative estimate of drug-likeness (QED) is 0.0205. The van der Waals surface area contributed by atoms with Gasteiger partial charge in [-0.3, -0.25) is 18.6 Å². The van der Waals surface area contributed by atoms with E-state index < -0.39 is 20.0 Å². The van der Waals surface area contributed by atoms with Crippen molar-refractivity contribution in [2.45, 2.75) is 309 Å². The average molecular weight is 1190 g/mol. The lowest BCUT2D eigenvalue weighted by Gasteiger charge is -2.27. The third-order valence-electron chi connectivity index (χ3n) is 14.9. The Bertz CT molecular complexity index is 1810. The van der Waals surface area contributed by atoms with E-state index in [0.29, 0.717) is 23.9 Å². The van der Waals surface area contributed by atoms with Crippen molar-refractivity contribution in [3.8, 4) is 0 Å². The molecule has 0 bridgehead atoms. The van der Waals surface area contributed by atoms with Crippen LogP contribution in [0.15, 0.2) is 109 Å². The highest BCUT2D eigenvalue weighted by Gasteiger charge is 2.30. The third kappa shape index (κ3) is 63.2. The second kappa shape index (κ2) is 62.7. The molecule has 0 rings (SSSR count). The van der Waals surface area contributed by atoms with Crippen molar-refractivity contribution in [3.05, 3.63) is 109 Å². The lowest BCUT2D eigenvalue weighted by Crippen LogP contribution is -2.47. The van der Waals surface area contributed by atoms with Gasteiger partial charge in [-0.05, 0) is 115 Å². The Hall–Kier alpha value is -3.33. The van der Waals surface area contributed by atoms with Crippen molar-refractivity contribution in [2.75, 3.05) is 40.9 Å². The molecule has 10 heteroatoms. The van der Waals surface area contributed by atoms with Crippen LogP contribution in [0.25, 0.3) is 0 Å². The lowest BCUT2D eigenvalue weighted by molar-refractivity contribution is -0.870. The van der Waals surface area contributed by atoms with E-state index in [0.717, 1.165) is 109 Å². The number of esters is 1. The van der Waals surface area contributed by atoms with E-state index in [-0.39, 0.29) is 31.5 Å². The van der Waals surface area contributed by atoms with E-state index in [1.807, 2.05) is 33.3 Å². The minimum atomic E-state index is -4.47. The molecule has 2 N–H and O–H groups in total. The first kappa shape index (κ1) is 80.7. The molecular formula is C74H132N2O7P+. The standard InChI is InChI=1S/C74H131N2O7P/c1-7-10-13-16-19-22-25-28-30-32-34-36-38-40-42-44-46-48-51-54-57-60-63-66-73(77)75-71(70-82-84(79,80)81-69-68-76(4,5)6)72(65-62-59-56-53-50-27-24-21-18-15-12-9-3)83-74(78)67-64-61-58-55-52-49-47-45-43-41-39-37-35-33-31-29-26-23-20-17-14-11-8-2/h10,13,19-20,22-23,28-31,34,36,40,42,46,48,62,65,71-72H,7-9,11-12,14-18,21,24-27,32-33,35,37-39,41,43-45,47,49-61,63-64,66-70H2,1-6H3,(H-,75,77,79,80)/p+1/b13-10-,22-19-,23-20-,30-28-,31-29-,36-34-,42-40-,48-46-,65-62+. The molecule has 0 aromatic heterocycles. The van der Waals surface area contributed by atoms with Crippen LogP contribution < -0.4 is 5.32 Å². The highest BCUT2D eigenvalue weighted by Crippen LogP contribution is 2.43. The van der Waals surface area contributed by atoms with Crippen LogP contribution in [0.3, 0.4) is 0 Å². The van der Waals surface area contributed by atoms with Gasteiger partial charge in [-0.1, -0.05) is 278 Å². The van der Waals surface area contributed by atoms with Crippen molar-refractivity contribution in [1.82, 2.24) is 5.32 Å². The molecule has 1 amide bonds. The molecule has 0 aromatic carbocycles. The fraction of sp³-hybridized carbons (Fsp3) is 0.730. The number of phosphoric acid groups is 1. The summed E-state index contributed by atoms with van der Waals surface area (Å²) >= 11 is 0. The molecule has 0 saturated heterocycles. The maximum absolute atomic E-state index is 13.6. The minimum Gasteiger partial charge on any atom is -0.456 e. The normalized spacial score (nSPS) is 14.2. The molecule has 0 heterocycles. The average Bonchev–Trinajstić information content (AvgIpc) is 3.64. The van der Waals surface area contributed by atoms with Crippen molar-refractivity contribution < 1.29 is 37.3 Å². The summed E-state index contributed by atoms with van der Waals surface area (Å²) in [7, 11) is 1.47. The zero-order chi connectivity index (χ0) is 61.4. The van der Waals surface area contributed by atoms with E-state index in [4.69, 9.17) is 13.8 Å². The first-order chi connectivity index (χ1) is 40.9. The van der Waals surface area contributed by atoms with Crippen LogP contribution in [0, 0.1) is 0 Å². The van der Waals surface area contributed by atoms with Crippen LogP contribution in [0.4, 0.5) is 0 Å². The van der Waals surface area contributed by atoms with Crippen molar-refractivity contribution in [2.24, 2.45) is 0 Å². The van der Waals surface area contributed by atoms with Gasteiger partial charge < -0.3 is 19.4 Å². The molecule has 0 spiro atoms. The minimum absolute atomic E-state index is 0.0301. The number of ether oxygens (including phenoxy) is 1. The number of likely N-dealkylation sites (N-methyl/N-ethyl adjacent to an activating group) is 1. The summed E-state index contributed by atoms with van der Waals surface area (Å²) in [5.41, 5.74) is 0. The predicted octanol–water partition coefficient (Wildman–Crippen LogP) is 22.1. The molecule has 0 aliphatic heterocycles. The van der Waals surface area contributed by atoms with Gasteiger partial charge in [-0.15, -0.1) is 0 Å². The molecule has 0 saturated carbocycles. The number of unbranched alkanes of at least 4 members (excludes halogenated alkanes) is 30. The van der Waals surface area contributed by atoms with Gasteiger partial charge in [0.1, 0.15) is 19.3 Å². The number of nitrogens with zero attached hydrogens (tertiary/aromatic N) is 1. The van der Waals surface area contributed by atoms with Crippen LogP contribution in [0.5, 0.6) is 0 Å². The highest BCUT2D eigenvalue weighted by atomic mass is 31.2. The Morgan fingerprint density at radius 1 is 0.429 bits per heavy atom. The van der Waals surface area contributed by atoms with Gasteiger partial charge in [-0.25, -0.2) is 4.57 Å². The molecule has 0 fully saturated rings. The number of allylic oxidation sites excluding steroid dienone is 17. The third-order valence-corrected chi connectivity index (χ3v) is 15.9. The number of amides is 1. The highest BCUT2D eigenvalue weighted by molar-refractivity contribution is 7.47. The number of rotatable bonds is 62. The van der Waals surface area contributed by atoms with E-state index >= 15 is 0 Å². The molecule has 9 nitrogen and oxygen atoms in total. The summed E-state index contributed by atoms with van der Waals surface area (Å²) in [4.78, 5) is 37.9. The fourth-order valence-corrected chi connectivity index (χ4v) is 10.4. The van der Waals surface area contributed by atoms with Gasteiger partial charge in [0.25, 0.3) is 0 Å². The SMILES string of the molecule is CC/C=C\C/C=C\C/C=C\C/C=C\C/C=C\C/C=C\CCCCCCC(=O)NC(COP(=O)(O)OCC[N+](C)(C)C)C(/C=C/CCCCCCCCCCCC)OC(=O)CCCCCCCCCCCCCCC/C=C\C/C=C\CCCCC. The predicted molar refractivity (Wildman–Crippen MR) is 364 cm³/mol. The smallest absolute Gasteiger partial charge is 0.456 e. The molecule has 0 aliphatic carbocycles. The number of carbonyl (C=O) groups excluding carboxylic acids is 2. The van der Waals surface area contributed by atoms with Crippen LogP contribution in [-0.4, -0.2) is 74.3 Å². The Balaban J connectivity index is 5.17. The Morgan fingerprint density at radius 2 is 0.762 bits per heavy atom. The number of nitrogens with one attached hydrogen (secondary N) is 1. The number of carbonyl (C=O) groups is 2.